The lowest BCUT2D eigenvalue weighted by Gasteiger charge is -2.68. The van der Waals surface area contributed by atoms with E-state index >= 15 is 0 Å². The van der Waals surface area contributed by atoms with E-state index in [1.165, 1.54) is 6.42 Å². The molecule has 2 aromatic carbocycles. The second-order valence-corrected chi connectivity index (χ2v) is 19.2. The number of aromatic nitrogens is 6. The molecule has 0 amide bonds. The zero-order chi connectivity index (χ0) is 41.5. The van der Waals surface area contributed by atoms with Gasteiger partial charge in [-0.15, -0.1) is 10.2 Å². The van der Waals surface area contributed by atoms with Gasteiger partial charge in [-0.2, -0.15) is 5.10 Å². The van der Waals surface area contributed by atoms with Crippen LogP contribution in [0.25, 0.3) is 21.3 Å². The average molecular weight is 814 g/mol. The van der Waals surface area contributed by atoms with Crippen LogP contribution in [-0.2, 0) is 17.0 Å². The van der Waals surface area contributed by atoms with Gasteiger partial charge in [0.05, 0.1) is 22.5 Å². The molecule has 13 nitrogen and oxygen atoms in total. The predicted octanol–water partition coefficient (Wildman–Crippen LogP) is 8.96. The number of rotatable bonds is 12. The molecule has 4 saturated carbocycles. The van der Waals surface area contributed by atoms with E-state index in [2.05, 4.69) is 49.3 Å². The number of nitrogens with zero attached hydrogens (tertiary/aromatic N) is 7. The lowest BCUT2D eigenvalue weighted by atomic mass is 9.39. The number of thiazole rings is 1. The van der Waals surface area contributed by atoms with Gasteiger partial charge in [0.15, 0.2) is 22.5 Å². The fourth-order valence-electron chi connectivity index (χ4n) is 11.3. The van der Waals surface area contributed by atoms with Crippen molar-refractivity contribution in [2.75, 3.05) is 24.3 Å². The number of hydrogen-bond donors (Lipinski definition) is 4. The van der Waals surface area contributed by atoms with Crippen LogP contribution in [0.5, 0.6) is 5.75 Å². The first-order valence-electron chi connectivity index (χ1n) is 20.2. The Kier molecular flexibility index (Phi) is 9.33. The molecule has 59 heavy (non-hydrogen) atoms. The van der Waals surface area contributed by atoms with Gasteiger partial charge in [0, 0.05) is 41.4 Å². The molecule has 4 atom stereocenters. The monoisotopic (exact) mass is 813 g/mol. The van der Waals surface area contributed by atoms with E-state index < -0.39 is 11.7 Å². The molecule has 4 N–H and O–H groups in total. The molecule has 6 aromatic rings. The number of aromatic hydroxyl groups is 1. The largest absolute Gasteiger partial charge is 0.508 e. The van der Waals surface area contributed by atoms with Crippen molar-refractivity contribution in [1.29, 1.82) is 0 Å². The van der Waals surface area contributed by atoms with Gasteiger partial charge >= 0.3 is 5.97 Å². The number of phenolic OH excluding ortho intramolecular Hbond substituents is 1. The molecule has 10 rings (SSSR count). The van der Waals surface area contributed by atoms with Crippen LogP contribution in [0.1, 0.15) is 80.2 Å². The van der Waals surface area contributed by atoms with Crippen LogP contribution < -0.4 is 15.5 Å². The van der Waals surface area contributed by atoms with Crippen LogP contribution >= 0.6 is 11.3 Å². The van der Waals surface area contributed by atoms with Gasteiger partial charge in [-0.1, -0.05) is 49.4 Å². The first kappa shape index (κ1) is 39.0. The molecular formula is C45H51N9O4S. The number of aryl methyl sites for hydroxylation is 1. The summed E-state index contributed by atoms with van der Waals surface area (Å²) in [6.07, 6.45) is 7.16. The van der Waals surface area contributed by atoms with Gasteiger partial charge in [0.2, 0.25) is 0 Å². The number of hydrogen-bond acceptors (Lipinski definition) is 12. The summed E-state index contributed by atoms with van der Waals surface area (Å²) < 4.78 is 10.4. The van der Waals surface area contributed by atoms with Crippen molar-refractivity contribution in [2.45, 2.75) is 85.1 Å². The Morgan fingerprint density at radius 1 is 0.983 bits per heavy atom. The van der Waals surface area contributed by atoms with Crippen LogP contribution in [0, 0.1) is 36.0 Å². The molecule has 0 radical (unpaired) electrons. The highest BCUT2D eigenvalue weighted by Crippen LogP contribution is 2.71. The molecule has 4 aromatic heterocycles. The Labute approximate surface area is 347 Å². The van der Waals surface area contributed by atoms with Crippen molar-refractivity contribution in [2.24, 2.45) is 22.2 Å². The highest BCUT2D eigenvalue weighted by atomic mass is 32.1. The van der Waals surface area contributed by atoms with Crippen LogP contribution in [0.15, 0.2) is 72.9 Å². The number of pyridine rings is 1. The summed E-state index contributed by atoms with van der Waals surface area (Å²) in [7, 11) is 3.70. The maximum atomic E-state index is 12.9. The summed E-state index contributed by atoms with van der Waals surface area (Å²) in [5.41, 5.74) is 4.02. The van der Waals surface area contributed by atoms with Crippen LogP contribution in [0.2, 0.25) is 0 Å². The zero-order valence-electron chi connectivity index (χ0n) is 34.6. The number of anilines is 4. The van der Waals surface area contributed by atoms with E-state index in [4.69, 9.17) is 9.84 Å². The Morgan fingerprint density at radius 3 is 2.44 bits per heavy atom. The number of phenols is 1. The third kappa shape index (κ3) is 6.90. The molecule has 0 aliphatic heterocycles. The van der Waals surface area contributed by atoms with Crippen molar-refractivity contribution in [1.82, 2.24) is 35.3 Å². The molecule has 14 heteroatoms. The van der Waals surface area contributed by atoms with Crippen LogP contribution in [0.3, 0.4) is 0 Å². The summed E-state index contributed by atoms with van der Waals surface area (Å²) in [6.45, 7) is 11.5. The van der Waals surface area contributed by atoms with E-state index in [9.17, 15) is 15.0 Å². The highest BCUT2D eigenvalue weighted by molar-refractivity contribution is 7.22. The smallest absolute Gasteiger partial charge is 0.355 e. The molecule has 4 bridgehead atoms. The molecule has 0 saturated heterocycles. The SMILES string of the molecule is CNC(C)(OC1C2CC3(C)CC(C)(C2)CC1(Cn1ncc(-c2ccc(N(C)c4cc(C)c(Nc5nc6ccccc6s5)nn4)nc2C(=O)O)c1C)C3)c1cccc(O)c1. The number of ether oxygens (including phenoxy) is 1. The molecule has 4 aliphatic rings. The second-order valence-electron chi connectivity index (χ2n) is 18.1. The molecule has 306 valence electrons. The van der Waals surface area contributed by atoms with Gasteiger partial charge in [-0.3, -0.25) is 10.00 Å². The molecule has 4 fully saturated rings. The summed E-state index contributed by atoms with van der Waals surface area (Å²) in [6, 6.07) is 20.8. The van der Waals surface area contributed by atoms with Crippen molar-refractivity contribution >= 4 is 50.1 Å². The Balaban J connectivity index is 0.997. The number of carboxylic acid groups (broad SMARTS) is 1. The van der Waals surface area contributed by atoms with Crippen LogP contribution in [0.4, 0.5) is 22.6 Å². The summed E-state index contributed by atoms with van der Waals surface area (Å²) in [5.74, 6) is 0.972. The fraction of sp³-hybridized carbons (Fsp3) is 0.422. The van der Waals surface area contributed by atoms with Gasteiger partial charge < -0.3 is 25.2 Å². The minimum Gasteiger partial charge on any atom is -0.508 e. The van der Waals surface area contributed by atoms with E-state index in [0.29, 0.717) is 35.5 Å². The number of benzene rings is 2. The minimum absolute atomic E-state index is 0.0639. The molecule has 0 spiro atoms. The van der Waals surface area contributed by atoms with E-state index in [-0.39, 0.29) is 33.8 Å². The topological polar surface area (TPSA) is 163 Å². The lowest BCUT2D eigenvalue weighted by molar-refractivity contribution is -0.272. The van der Waals surface area contributed by atoms with Crippen LogP contribution in [-0.4, -0.2) is 66.3 Å². The van der Waals surface area contributed by atoms with Gasteiger partial charge in [0.25, 0.3) is 0 Å². The number of carbonyl (C=O) groups is 1. The molecule has 4 aliphatic carbocycles. The summed E-state index contributed by atoms with van der Waals surface area (Å²) in [5, 5.41) is 42.2. The fourth-order valence-corrected chi connectivity index (χ4v) is 12.2. The Hall–Kier alpha value is -5.44. The van der Waals surface area contributed by atoms with Gasteiger partial charge in [-0.05, 0) is 125 Å². The van der Waals surface area contributed by atoms with Gasteiger partial charge in [-0.25, -0.2) is 14.8 Å². The second kappa shape index (κ2) is 14.1. The number of nitrogens with one attached hydrogen (secondary N) is 2. The van der Waals surface area contributed by atoms with E-state index in [1.807, 2.05) is 82.4 Å². The first-order valence-corrected chi connectivity index (χ1v) is 21.0. The van der Waals surface area contributed by atoms with Crippen molar-refractivity contribution < 1.29 is 19.7 Å². The Morgan fingerprint density at radius 2 is 1.75 bits per heavy atom. The molecule has 4 heterocycles. The van der Waals surface area contributed by atoms with Gasteiger partial charge in [0.1, 0.15) is 17.3 Å². The number of para-hydroxylation sites is 1. The quantitative estimate of drug-likeness (QED) is 0.0869. The standard InChI is InChI=1S/C45H51N9O4S/c1-26-17-36(51-52-39(26)50-41-48-33-13-8-9-14-34(33)59-41)53(7)35-16-15-31(37(49-35)40(56)57)32-21-47-54(27(32)2)25-45-23-42(3)19-28(20-43(4,22-42)24-45)38(45)58-44(5,46-6)29-11-10-12-30(55)18-29/h8-18,21,28,38,46,55H,19-20,22-25H2,1-7H3,(H,56,57)(H,48,50,52). The maximum Gasteiger partial charge on any atom is 0.355 e. The van der Waals surface area contributed by atoms with Crippen molar-refractivity contribution in [3.8, 4) is 16.9 Å². The van der Waals surface area contributed by atoms with Crippen molar-refractivity contribution in [3.63, 3.8) is 0 Å². The third-order valence-corrected chi connectivity index (χ3v) is 14.3. The average Bonchev–Trinajstić information content (AvgIpc) is 3.77. The summed E-state index contributed by atoms with van der Waals surface area (Å²) in [4.78, 5) is 23.9. The number of fused-ring (bicyclic) bond motifs is 1. The predicted molar refractivity (Wildman–Crippen MR) is 230 cm³/mol. The third-order valence-electron chi connectivity index (χ3n) is 13.3. The number of aromatic carboxylic acids is 1. The zero-order valence-corrected chi connectivity index (χ0v) is 35.4. The number of carboxylic acids is 1. The first-order chi connectivity index (χ1) is 28.1. The molecule has 4 unspecified atom stereocenters. The molecular weight excluding hydrogens is 763 g/mol. The van der Waals surface area contributed by atoms with E-state index in [0.717, 1.165) is 63.4 Å². The maximum absolute atomic E-state index is 12.9. The van der Waals surface area contributed by atoms with Crippen molar-refractivity contribution in [3.05, 3.63) is 95.4 Å². The minimum atomic E-state index is -1.13. The Bertz CT molecular complexity index is 2560. The summed E-state index contributed by atoms with van der Waals surface area (Å²) >= 11 is 1.54. The highest BCUT2D eigenvalue weighted by Gasteiger charge is 2.66. The van der Waals surface area contributed by atoms with E-state index in [1.54, 1.807) is 41.6 Å². The lowest BCUT2D eigenvalue weighted by Crippen LogP contribution is -2.66. The normalized spacial score (nSPS) is 25.6.